The Balaban J connectivity index is 1.57. The number of aromatic nitrogens is 2. The number of hydrogen-bond acceptors (Lipinski definition) is 5. The Morgan fingerprint density at radius 2 is 2.07 bits per heavy atom. The van der Waals surface area contributed by atoms with Gasteiger partial charge in [-0.1, -0.05) is 34.4 Å². The standard InChI is InChI=1S/C21H19Cl2N3O4/c1-11-17(19(26-30-11)18-14(22)5-2-6-15(18)23)20(27)12-8-16(24-9-12)21(28)25-10-13-4-3-7-29-13/h2,5-6,8-9,13,24H,3-4,7,10H2,1H3,(H,25,28)/t13-/m1/s1. The van der Waals surface area contributed by atoms with Crippen molar-refractivity contribution in [2.75, 3.05) is 13.2 Å². The number of carbonyl (C=O) groups is 2. The summed E-state index contributed by atoms with van der Waals surface area (Å²) in [5, 5.41) is 7.53. The zero-order valence-corrected chi connectivity index (χ0v) is 17.6. The molecule has 2 N–H and O–H groups in total. The molecule has 9 heteroatoms. The maximum atomic E-state index is 13.2. The SMILES string of the molecule is Cc1onc(-c2c(Cl)cccc2Cl)c1C(=O)c1c[nH]c(C(=O)NC[C@H]2CCCO2)c1. The molecule has 156 valence electrons. The fourth-order valence-electron chi connectivity index (χ4n) is 3.44. The molecule has 0 radical (unpaired) electrons. The molecule has 1 aliphatic rings. The van der Waals surface area contributed by atoms with Crippen molar-refractivity contribution in [3.63, 3.8) is 0 Å². The second-order valence-electron chi connectivity index (χ2n) is 7.04. The first-order valence-corrected chi connectivity index (χ1v) is 10.2. The summed E-state index contributed by atoms with van der Waals surface area (Å²) in [6, 6.07) is 6.52. The average Bonchev–Trinajstić information content (AvgIpc) is 3.47. The molecular formula is C21H19Cl2N3O4. The van der Waals surface area contributed by atoms with Gasteiger partial charge in [-0.2, -0.15) is 0 Å². The predicted octanol–water partition coefficient (Wildman–Crippen LogP) is 4.42. The molecule has 1 saturated heterocycles. The van der Waals surface area contributed by atoms with Crippen molar-refractivity contribution < 1.29 is 18.8 Å². The number of aryl methyl sites for hydroxylation is 1. The molecule has 30 heavy (non-hydrogen) atoms. The van der Waals surface area contributed by atoms with E-state index in [1.807, 2.05) is 0 Å². The van der Waals surface area contributed by atoms with Crippen LogP contribution in [0.5, 0.6) is 0 Å². The largest absolute Gasteiger partial charge is 0.376 e. The Kier molecular flexibility index (Phi) is 5.94. The highest BCUT2D eigenvalue weighted by Gasteiger charge is 2.27. The lowest BCUT2D eigenvalue weighted by Gasteiger charge is -2.09. The van der Waals surface area contributed by atoms with Crippen LogP contribution in [-0.2, 0) is 4.74 Å². The van der Waals surface area contributed by atoms with Gasteiger partial charge < -0.3 is 19.6 Å². The normalized spacial score (nSPS) is 16.0. The second kappa shape index (κ2) is 8.63. The van der Waals surface area contributed by atoms with Gasteiger partial charge in [0.25, 0.3) is 5.91 Å². The molecule has 1 amide bonds. The first-order chi connectivity index (χ1) is 14.5. The predicted molar refractivity (Wildman–Crippen MR) is 112 cm³/mol. The Morgan fingerprint density at radius 3 is 2.77 bits per heavy atom. The van der Waals surface area contributed by atoms with Crippen LogP contribution < -0.4 is 5.32 Å². The fraction of sp³-hybridized carbons (Fsp3) is 0.286. The van der Waals surface area contributed by atoms with Gasteiger partial charge >= 0.3 is 0 Å². The van der Waals surface area contributed by atoms with Crippen LogP contribution in [0.25, 0.3) is 11.3 Å². The molecule has 1 atom stereocenters. The monoisotopic (exact) mass is 447 g/mol. The third kappa shape index (κ3) is 4.01. The van der Waals surface area contributed by atoms with Gasteiger partial charge in [0.2, 0.25) is 0 Å². The lowest BCUT2D eigenvalue weighted by atomic mass is 9.99. The molecule has 0 bridgehead atoms. The number of nitrogens with zero attached hydrogens (tertiary/aromatic N) is 1. The minimum Gasteiger partial charge on any atom is -0.376 e. The van der Waals surface area contributed by atoms with Crippen LogP contribution in [0.2, 0.25) is 10.0 Å². The van der Waals surface area contributed by atoms with Crippen LogP contribution in [0, 0.1) is 6.92 Å². The van der Waals surface area contributed by atoms with E-state index in [2.05, 4.69) is 15.5 Å². The minimum atomic E-state index is -0.353. The second-order valence-corrected chi connectivity index (χ2v) is 7.85. The molecule has 0 saturated carbocycles. The summed E-state index contributed by atoms with van der Waals surface area (Å²) in [7, 11) is 0. The van der Waals surface area contributed by atoms with Crippen molar-refractivity contribution in [1.82, 2.24) is 15.5 Å². The van der Waals surface area contributed by atoms with Crippen LogP contribution in [0.15, 0.2) is 35.0 Å². The first kappa shape index (κ1) is 20.7. The number of carbonyl (C=O) groups excluding carboxylic acids is 2. The Bertz CT molecular complexity index is 1080. The molecule has 0 unspecified atom stereocenters. The van der Waals surface area contributed by atoms with E-state index in [9.17, 15) is 9.59 Å². The lowest BCUT2D eigenvalue weighted by Crippen LogP contribution is -2.31. The first-order valence-electron chi connectivity index (χ1n) is 9.49. The molecule has 0 spiro atoms. The summed E-state index contributed by atoms with van der Waals surface area (Å²) in [5.41, 5.74) is 1.51. The third-order valence-electron chi connectivity index (χ3n) is 4.99. The van der Waals surface area contributed by atoms with Gasteiger partial charge in [0.15, 0.2) is 5.78 Å². The summed E-state index contributed by atoms with van der Waals surface area (Å²) in [6.07, 6.45) is 3.44. The van der Waals surface area contributed by atoms with Crippen LogP contribution in [0.4, 0.5) is 0 Å². The van der Waals surface area contributed by atoms with Gasteiger partial charge in [-0.05, 0) is 38.0 Å². The van der Waals surface area contributed by atoms with Gasteiger partial charge in [-0.3, -0.25) is 9.59 Å². The molecule has 7 nitrogen and oxygen atoms in total. The molecule has 1 aliphatic heterocycles. The van der Waals surface area contributed by atoms with Gasteiger partial charge in [0.1, 0.15) is 17.1 Å². The summed E-state index contributed by atoms with van der Waals surface area (Å²) >= 11 is 12.6. The van der Waals surface area contributed by atoms with E-state index in [1.165, 1.54) is 12.3 Å². The number of amides is 1. The molecule has 1 aromatic carbocycles. The van der Waals surface area contributed by atoms with Crippen LogP contribution in [0.3, 0.4) is 0 Å². The smallest absolute Gasteiger partial charge is 0.267 e. The molecule has 0 aliphatic carbocycles. The average molecular weight is 448 g/mol. The number of hydrogen-bond donors (Lipinski definition) is 2. The van der Waals surface area contributed by atoms with E-state index in [0.29, 0.717) is 33.5 Å². The van der Waals surface area contributed by atoms with Gasteiger partial charge in [0, 0.05) is 30.5 Å². The van der Waals surface area contributed by atoms with Crippen molar-refractivity contribution in [2.24, 2.45) is 0 Å². The van der Waals surface area contributed by atoms with Gasteiger partial charge in [0.05, 0.1) is 21.7 Å². The third-order valence-corrected chi connectivity index (χ3v) is 5.62. The van der Waals surface area contributed by atoms with E-state index >= 15 is 0 Å². The fourth-order valence-corrected chi connectivity index (χ4v) is 4.02. The zero-order valence-electron chi connectivity index (χ0n) is 16.1. The minimum absolute atomic E-state index is 0.0348. The van der Waals surface area contributed by atoms with Crippen LogP contribution in [0.1, 0.15) is 45.0 Å². The Morgan fingerprint density at radius 1 is 1.30 bits per heavy atom. The van der Waals surface area contributed by atoms with Crippen molar-refractivity contribution in [3.8, 4) is 11.3 Å². The van der Waals surface area contributed by atoms with Crippen molar-refractivity contribution >= 4 is 34.9 Å². The zero-order chi connectivity index (χ0) is 21.3. The number of H-pyrrole nitrogens is 1. The van der Waals surface area contributed by atoms with Crippen molar-refractivity contribution in [3.05, 3.63) is 63.1 Å². The molecule has 4 rings (SSSR count). The van der Waals surface area contributed by atoms with E-state index in [-0.39, 0.29) is 34.7 Å². The van der Waals surface area contributed by atoms with Crippen LogP contribution >= 0.6 is 23.2 Å². The number of ketones is 1. The molecule has 2 aromatic heterocycles. The summed E-state index contributed by atoms with van der Waals surface area (Å²) in [4.78, 5) is 28.4. The molecule has 1 fully saturated rings. The maximum Gasteiger partial charge on any atom is 0.267 e. The maximum absolute atomic E-state index is 13.2. The number of rotatable bonds is 6. The quantitative estimate of drug-likeness (QED) is 0.544. The Hall–Kier alpha value is -2.61. The number of aromatic amines is 1. The van der Waals surface area contributed by atoms with E-state index in [1.54, 1.807) is 25.1 Å². The summed E-state index contributed by atoms with van der Waals surface area (Å²) < 4.78 is 10.8. The Labute approximate surface area is 182 Å². The van der Waals surface area contributed by atoms with Crippen molar-refractivity contribution in [1.29, 1.82) is 0 Å². The topological polar surface area (TPSA) is 97.2 Å². The van der Waals surface area contributed by atoms with Gasteiger partial charge in [-0.25, -0.2) is 0 Å². The molecular weight excluding hydrogens is 429 g/mol. The van der Waals surface area contributed by atoms with E-state index in [0.717, 1.165) is 19.4 Å². The summed E-state index contributed by atoms with van der Waals surface area (Å²) in [5.74, 6) is -0.327. The van der Waals surface area contributed by atoms with E-state index in [4.69, 9.17) is 32.5 Å². The molecule has 3 aromatic rings. The number of benzene rings is 1. The molecule has 3 heterocycles. The highest BCUT2D eigenvalue weighted by atomic mass is 35.5. The van der Waals surface area contributed by atoms with Crippen LogP contribution in [-0.4, -0.2) is 41.1 Å². The van der Waals surface area contributed by atoms with Crippen molar-refractivity contribution in [2.45, 2.75) is 25.9 Å². The highest BCUT2D eigenvalue weighted by Crippen LogP contribution is 2.37. The number of nitrogens with one attached hydrogen (secondary N) is 2. The van der Waals surface area contributed by atoms with Gasteiger partial charge in [-0.15, -0.1) is 0 Å². The number of halogens is 2. The lowest BCUT2D eigenvalue weighted by molar-refractivity contribution is 0.0854. The number of ether oxygens (including phenoxy) is 1. The summed E-state index contributed by atoms with van der Waals surface area (Å²) in [6.45, 7) is 2.79. The highest BCUT2D eigenvalue weighted by molar-refractivity contribution is 6.39. The van der Waals surface area contributed by atoms with E-state index < -0.39 is 0 Å².